The lowest BCUT2D eigenvalue weighted by Gasteiger charge is -2.16. The van der Waals surface area contributed by atoms with Crippen molar-refractivity contribution in [3.05, 3.63) is 18.2 Å². The van der Waals surface area contributed by atoms with Crippen molar-refractivity contribution < 1.29 is 14.2 Å². The van der Waals surface area contributed by atoms with Crippen molar-refractivity contribution in [2.24, 2.45) is 5.73 Å². The molecule has 2 rings (SSSR count). The van der Waals surface area contributed by atoms with Gasteiger partial charge in [-0.15, -0.1) is 12.4 Å². The molecule has 0 spiro atoms. The van der Waals surface area contributed by atoms with Crippen LogP contribution in [0.3, 0.4) is 0 Å². The third kappa shape index (κ3) is 3.17. The lowest BCUT2D eigenvalue weighted by Crippen LogP contribution is -2.29. The number of rotatable bonds is 5. The Morgan fingerprint density at radius 2 is 1.71 bits per heavy atom. The predicted octanol–water partition coefficient (Wildman–Crippen LogP) is 2.00. The van der Waals surface area contributed by atoms with Crippen molar-refractivity contribution in [1.82, 2.24) is 0 Å². The molecule has 2 N–H and O–H groups in total. The number of nitrogens with two attached hydrogens (primary N) is 1. The van der Waals surface area contributed by atoms with E-state index in [9.17, 15) is 0 Å². The van der Waals surface area contributed by atoms with Crippen LogP contribution in [-0.4, -0.2) is 26.4 Å². The van der Waals surface area contributed by atoms with E-state index in [0.717, 1.165) is 12.8 Å². The van der Waals surface area contributed by atoms with E-state index in [1.807, 2.05) is 18.2 Å². The van der Waals surface area contributed by atoms with Crippen molar-refractivity contribution in [2.45, 2.75) is 18.4 Å². The fourth-order valence-corrected chi connectivity index (χ4v) is 1.48. The molecule has 1 aromatic rings. The van der Waals surface area contributed by atoms with Gasteiger partial charge in [-0.05, 0) is 25.0 Å². The van der Waals surface area contributed by atoms with E-state index in [1.54, 1.807) is 14.2 Å². The van der Waals surface area contributed by atoms with E-state index in [2.05, 4.69) is 0 Å². The molecule has 4 nitrogen and oxygen atoms in total. The monoisotopic (exact) mass is 259 g/mol. The van der Waals surface area contributed by atoms with Crippen LogP contribution in [0.15, 0.2) is 18.2 Å². The Kier molecular flexibility index (Phi) is 4.48. The fourth-order valence-electron chi connectivity index (χ4n) is 1.48. The first-order chi connectivity index (χ1) is 7.68. The second kappa shape index (κ2) is 5.47. The number of hydrogen-bond acceptors (Lipinski definition) is 4. The number of ether oxygens (including phenoxy) is 3. The molecule has 5 heteroatoms. The molecule has 96 valence electrons. The molecule has 0 unspecified atom stereocenters. The lowest BCUT2D eigenvalue weighted by molar-refractivity contribution is 0.249. The van der Waals surface area contributed by atoms with Crippen LogP contribution >= 0.6 is 12.4 Å². The van der Waals surface area contributed by atoms with Crippen molar-refractivity contribution in [3.63, 3.8) is 0 Å². The van der Waals surface area contributed by atoms with E-state index in [-0.39, 0.29) is 17.9 Å². The Morgan fingerprint density at radius 1 is 1.18 bits per heavy atom. The molecule has 1 aliphatic carbocycles. The summed E-state index contributed by atoms with van der Waals surface area (Å²) in [5.74, 6) is 1.97. The average Bonchev–Trinajstić information content (AvgIpc) is 3.04. The first kappa shape index (κ1) is 13.9. The van der Waals surface area contributed by atoms with Gasteiger partial charge in [-0.3, -0.25) is 0 Å². The van der Waals surface area contributed by atoms with Crippen LogP contribution in [0.1, 0.15) is 12.8 Å². The molecule has 0 bridgehead atoms. The minimum Gasteiger partial charge on any atom is -0.493 e. The molecule has 0 saturated heterocycles. The number of halogens is 1. The Hall–Kier alpha value is -1.13. The van der Waals surface area contributed by atoms with Crippen molar-refractivity contribution in [1.29, 1.82) is 0 Å². The van der Waals surface area contributed by atoms with Crippen LogP contribution < -0.4 is 19.9 Å². The predicted molar refractivity (Wildman–Crippen MR) is 68.4 cm³/mol. The van der Waals surface area contributed by atoms with Gasteiger partial charge in [-0.1, -0.05) is 6.07 Å². The zero-order valence-corrected chi connectivity index (χ0v) is 10.9. The van der Waals surface area contributed by atoms with Gasteiger partial charge in [0.05, 0.1) is 19.8 Å². The minimum atomic E-state index is -0.147. The molecule has 0 atom stereocenters. The third-order valence-electron chi connectivity index (χ3n) is 2.78. The van der Waals surface area contributed by atoms with Crippen molar-refractivity contribution in [3.8, 4) is 17.2 Å². The van der Waals surface area contributed by atoms with Crippen LogP contribution in [0.25, 0.3) is 0 Å². The van der Waals surface area contributed by atoms with E-state index in [1.165, 1.54) is 0 Å². The second-order valence-electron chi connectivity index (χ2n) is 4.14. The van der Waals surface area contributed by atoms with Crippen molar-refractivity contribution >= 4 is 12.4 Å². The highest BCUT2D eigenvalue weighted by Crippen LogP contribution is 2.39. The zero-order valence-electron chi connectivity index (χ0n) is 10.1. The summed E-state index contributed by atoms with van der Waals surface area (Å²) in [6, 6.07) is 5.54. The molecule has 1 aromatic carbocycles. The topological polar surface area (TPSA) is 53.7 Å². The lowest BCUT2D eigenvalue weighted by atomic mass is 10.3. The van der Waals surface area contributed by atoms with E-state index in [4.69, 9.17) is 19.9 Å². The molecule has 0 radical (unpaired) electrons. The summed E-state index contributed by atoms with van der Waals surface area (Å²) in [5, 5.41) is 0. The first-order valence-corrected chi connectivity index (χ1v) is 5.31. The maximum absolute atomic E-state index is 5.97. The molecule has 1 aliphatic rings. The SMILES string of the molecule is COc1cccc(OC)c1OCC1(N)CC1.Cl. The largest absolute Gasteiger partial charge is 0.493 e. The van der Waals surface area contributed by atoms with Gasteiger partial charge in [0, 0.05) is 0 Å². The van der Waals surface area contributed by atoms with E-state index >= 15 is 0 Å². The van der Waals surface area contributed by atoms with E-state index < -0.39 is 0 Å². The molecule has 0 amide bonds. The minimum absolute atomic E-state index is 0. The quantitative estimate of drug-likeness (QED) is 0.879. The summed E-state index contributed by atoms with van der Waals surface area (Å²) in [6.45, 7) is 0.504. The first-order valence-electron chi connectivity index (χ1n) is 5.31. The summed E-state index contributed by atoms with van der Waals surface area (Å²) in [6.07, 6.45) is 2.04. The molecule has 17 heavy (non-hydrogen) atoms. The van der Waals surface area contributed by atoms with Crippen molar-refractivity contribution in [2.75, 3.05) is 20.8 Å². The second-order valence-corrected chi connectivity index (χ2v) is 4.14. The molecule has 0 aromatic heterocycles. The molecule has 0 heterocycles. The Bertz CT molecular complexity index is 358. The summed E-state index contributed by atoms with van der Waals surface area (Å²) in [4.78, 5) is 0. The van der Waals surface area contributed by atoms with E-state index in [0.29, 0.717) is 23.9 Å². The maximum atomic E-state index is 5.97. The summed E-state index contributed by atoms with van der Waals surface area (Å²) in [5.41, 5.74) is 5.82. The zero-order chi connectivity index (χ0) is 11.6. The normalized spacial score (nSPS) is 15.7. The number of methoxy groups -OCH3 is 2. The highest BCUT2D eigenvalue weighted by atomic mass is 35.5. The Balaban J connectivity index is 0.00000144. The average molecular weight is 260 g/mol. The smallest absolute Gasteiger partial charge is 0.203 e. The molecular formula is C12H18ClNO3. The van der Waals surface area contributed by atoms with Gasteiger partial charge in [0.15, 0.2) is 11.5 Å². The number of para-hydroxylation sites is 1. The summed E-state index contributed by atoms with van der Waals surface area (Å²) in [7, 11) is 3.22. The number of hydrogen-bond donors (Lipinski definition) is 1. The molecule has 1 saturated carbocycles. The van der Waals surface area contributed by atoms with Gasteiger partial charge >= 0.3 is 0 Å². The van der Waals surface area contributed by atoms with Gasteiger partial charge in [0.25, 0.3) is 0 Å². The van der Waals surface area contributed by atoms with Crippen LogP contribution in [0, 0.1) is 0 Å². The van der Waals surface area contributed by atoms with Crippen LogP contribution in [0.4, 0.5) is 0 Å². The van der Waals surface area contributed by atoms with Gasteiger partial charge in [0.2, 0.25) is 5.75 Å². The standard InChI is InChI=1S/C12H17NO3.ClH/c1-14-9-4-3-5-10(15-2)11(9)16-8-12(13)6-7-12;/h3-5H,6-8,13H2,1-2H3;1H. The Morgan fingerprint density at radius 3 is 2.12 bits per heavy atom. The van der Waals surface area contributed by atoms with Gasteiger partial charge in [0.1, 0.15) is 6.61 Å². The summed E-state index contributed by atoms with van der Waals surface area (Å²) < 4.78 is 16.2. The highest BCUT2D eigenvalue weighted by molar-refractivity contribution is 5.85. The van der Waals surface area contributed by atoms with Gasteiger partial charge in [-0.2, -0.15) is 0 Å². The van der Waals surface area contributed by atoms with Gasteiger partial charge < -0.3 is 19.9 Å². The van der Waals surface area contributed by atoms with Gasteiger partial charge in [-0.25, -0.2) is 0 Å². The molecule has 1 fully saturated rings. The fraction of sp³-hybridized carbons (Fsp3) is 0.500. The number of benzene rings is 1. The summed E-state index contributed by atoms with van der Waals surface area (Å²) >= 11 is 0. The Labute approximate surface area is 107 Å². The van der Waals surface area contributed by atoms with Crippen LogP contribution in [0.5, 0.6) is 17.2 Å². The maximum Gasteiger partial charge on any atom is 0.203 e. The highest BCUT2D eigenvalue weighted by Gasteiger charge is 2.39. The molecular weight excluding hydrogens is 242 g/mol. The van der Waals surface area contributed by atoms with Crippen LogP contribution in [-0.2, 0) is 0 Å². The van der Waals surface area contributed by atoms with Crippen LogP contribution in [0.2, 0.25) is 0 Å². The molecule has 0 aliphatic heterocycles. The third-order valence-corrected chi connectivity index (χ3v) is 2.78.